The molecule has 19 heteroatoms. The third-order valence-electron chi connectivity index (χ3n) is 19.9. The molecule has 0 aromatic rings. The summed E-state index contributed by atoms with van der Waals surface area (Å²) in [6.07, 6.45) is 48.2. The Hall–Kier alpha value is -2.25. The molecule has 0 spiro atoms. The van der Waals surface area contributed by atoms with Gasteiger partial charge in [-0.05, 0) is 51.4 Å². The summed E-state index contributed by atoms with van der Waals surface area (Å²) in [7, 11) is 0. The molecule has 0 aromatic carbocycles. The van der Waals surface area contributed by atoms with Crippen molar-refractivity contribution in [3.05, 3.63) is 48.6 Å². The van der Waals surface area contributed by atoms with Gasteiger partial charge in [0.05, 0.1) is 38.6 Å². The normalized spacial score (nSPS) is 27.0. The first-order chi connectivity index (χ1) is 47.8. The lowest BCUT2D eigenvalue weighted by Gasteiger charge is -2.48. The Morgan fingerprint density at radius 1 is 0.378 bits per heavy atom. The van der Waals surface area contributed by atoms with Crippen LogP contribution in [0.2, 0.25) is 0 Å². The molecule has 19 nitrogen and oxygen atoms in total. The van der Waals surface area contributed by atoms with Crippen molar-refractivity contribution < 1.29 is 89.4 Å². The second-order valence-corrected chi connectivity index (χ2v) is 28.5. The highest BCUT2D eigenvalue weighted by molar-refractivity contribution is 5.76. The number of hydrogen-bond acceptors (Lipinski definition) is 18. The first-order valence-corrected chi connectivity index (χ1v) is 39.9. The van der Waals surface area contributed by atoms with Crippen molar-refractivity contribution >= 4 is 5.91 Å². The number of rotatable bonds is 63. The number of nitrogens with one attached hydrogen (secondary N) is 1. The second-order valence-electron chi connectivity index (χ2n) is 28.5. The van der Waals surface area contributed by atoms with E-state index in [4.69, 9.17) is 28.4 Å². The quantitative estimate of drug-likeness (QED) is 0.0199. The maximum absolute atomic E-state index is 13.4. The number of carbonyl (C=O) groups excluding carboxylic acids is 1. The molecule has 0 aliphatic carbocycles. The average molecular weight is 1400 g/mol. The molecule has 3 fully saturated rings. The predicted octanol–water partition coefficient (Wildman–Crippen LogP) is 12.9. The zero-order valence-electron chi connectivity index (χ0n) is 61.3. The molecule has 3 aliphatic rings. The molecule has 574 valence electrons. The maximum Gasteiger partial charge on any atom is 0.220 e. The monoisotopic (exact) mass is 1400 g/mol. The van der Waals surface area contributed by atoms with Crippen LogP contribution in [0.3, 0.4) is 0 Å². The molecule has 0 saturated carbocycles. The zero-order valence-corrected chi connectivity index (χ0v) is 61.3. The van der Waals surface area contributed by atoms with Crippen LogP contribution in [-0.2, 0) is 33.2 Å². The van der Waals surface area contributed by atoms with Gasteiger partial charge in [-0.3, -0.25) is 4.79 Å². The molecule has 17 atom stereocenters. The molecule has 0 bridgehead atoms. The highest BCUT2D eigenvalue weighted by Crippen LogP contribution is 2.33. The first kappa shape index (κ1) is 90.0. The van der Waals surface area contributed by atoms with Gasteiger partial charge >= 0.3 is 0 Å². The van der Waals surface area contributed by atoms with E-state index in [1.165, 1.54) is 212 Å². The van der Waals surface area contributed by atoms with Crippen molar-refractivity contribution in [2.24, 2.45) is 0 Å². The topological polar surface area (TPSA) is 307 Å². The third kappa shape index (κ3) is 40.1. The van der Waals surface area contributed by atoms with Gasteiger partial charge in [0, 0.05) is 6.42 Å². The minimum atomic E-state index is -1.97. The van der Waals surface area contributed by atoms with Crippen molar-refractivity contribution in [3.63, 3.8) is 0 Å². The van der Waals surface area contributed by atoms with Crippen LogP contribution < -0.4 is 5.32 Å². The lowest BCUT2D eigenvalue weighted by Crippen LogP contribution is -2.66. The second kappa shape index (κ2) is 60.1. The van der Waals surface area contributed by atoms with Gasteiger partial charge in [0.15, 0.2) is 18.9 Å². The summed E-state index contributed by atoms with van der Waals surface area (Å²) in [5.74, 6) is -0.238. The SMILES string of the molecule is CC/C=C\C/C=C\C/C=C\C/C=C\CCCCCCCCCCCCCCCCCCCCCCCCCCCCCCC(=O)NC(COC1OC(CO)C(OC2OC(CO)C(OC3OC(CO)C(O)C(O)C3O)C(O)C2O)C(O)C1O)C(O)CCCCCCCCCCCCCC. The van der Waals surface area contributed by atoms with Crippen LogP contribution >= 0.6 is 0 Å². The average Bonchev–Trinajstić information content (AvgIpc) is 0.785. The molecule has 3 saturated heterocycles. The van der Waals surface area contributed by atoms with E-state index < -0.39 is 124 Å². The Labute approximate surface area is 593 Å². The van der Waals surface area contributed by atoms with E-state index in [9.17, 15) is 61.0 Å². The number of hydrogen-bond donors (Lipinski definition) is 12. The number of allylic oxidation sites excluding steroid dienone is 8. The van der Waals surface area contributed by atoms with Crippen LogP contribution in [0.25, 0.3) is 0 Å². The molecule has 3 heterocycles. The van der Waals surface area contributed by atoms with E-state index in [0.717, 1.165) is 70.6 Å². The molecular formula is C79H145NO18. The lowest BCUT2D eigenvalue weighted by atomic mass is 9.96. The number of ether oxygens (including phenoxy) is 6. The van der Waals surface area contributed by atoms with Gasteiger partial charge in [-0.25, -0.2) is 0 Å². The fraction of sp³-hybridized carbons (Fsp3) is 0.886. The van der Waals surface area contributed by atoms with E-state index in [0.29, 0.717) is 12.8 Å². The number of amides is 1. The van der Waals surface area contributed by atoms with Crippen LogP contribution in [0, 0.1) is 0 Å². The summed E-state index contributed by atoms with van der Waals surface area (Å²) in [4.78, 5) is 13.4. The van der Waals surface area contributed by atoms with Gasteiger partial charge in [-0.1, -0.05) is 306 Å². The van der Waals surface area contributed by atoms with Gasteiger partial charge in [0.1, 0.15) is 73.2 Å². The molecule has 0 radical (unpaired) electrons. The van der Waals surface area contributed by atoms with Gasteiger partial charge in [0.2, 0.25) is 5.91 Å². The van der Waals surface area contributed by atoms with Crippen molar-refractivity contribution in [2.45, 2.75) is 420 Å². The van der Waals surface area contributed by atoms with Crippen LogP contribution in [0.4, 0.5) is 0 Å². The van der Waals surface area contributed by atoms with Crippen molar-refractivity contribution in [1.29, 1.82) is 0 Å². The Kier molecular flexibility index (Phi) is 55.1. The summed E-state index contributed by atoms with van der Waals surface area (Å²) in [5.41, 5.74) is 0. The minimum Gasteiger partial charge on any atom is -0.394 e. The fourth-order valence-corrected chi connectivity index (χ4v) is 13.5. The molecular weight excluding hydrogens is 1250 g/mol. The summed E-state index contributed by atoms with van der Waals surface area (Å²) in [5, 5.41) is 121. The van der Waals surface area contributed by atoms with Crippen LogP contribution in [0.5, 0.6) is 0 Å². The molecule has 3 aliphatic heterocycles. The zero-order chi connectivity index (χ0) is 71.1. The summed E-state index contributed by atoms with van der Waals surface area (Å²) >= 11 is 0. The summed E-state index contributed by atoms with van der Waals surface area (Å²) in [6.45, 7) is 1.70. The molecule has 17 unspecified atom stereocenters. The van der Waals surface area contributed by atoms with Gasteiger partial charge in [0.25, 0.3) is 0 Å². The van der Waals surface area contributed by atoms with E-state index in [1.807, 2.05) is 0 Å². The van der Waals surface area contributed by atoms with Crippen LogP contribution in [0.1, 0.15) is 316 Å². The van der Waals surface area contributed by atoms with Crippen molar-refractivity contribution in [1.82, 2.24) is 5.32 Å². The molecule has 3 rings (SSSR count). The Balaban J connectivity index is 1.25. The van der Waals surface area contributed by atoms with Crippen molar-refractivity contribution in [3.8, 4) is 0 Å². The Bertz CT molecular complexity index is 1960. The van der Waals surface area contributed by atoms with E-state index in [-0.39, 0.29) is 18.9 Å². The van der Waals surface area contributed by atoms with Crippen LogP contribution in [-0.4, -0.2) is 193 Å². The number of carbonyl (C=O) groups is 1. The molecule has 98 heavy (non-hydrogen) atoms. The third-order valence-corrected chi connectivity index (χ3v) is 19.9. The van der Waals surface area contributed by atoms with Gasteiger partial charge < -0.3 is 89.9 Å². The van der Waals surface area contributed by atoms with Crippen molar-refractivity contribution in [2.75, 3.05) is 26.4 Å². The number of aliphatic hydroxyl groups excluding tert-OH is 11. The largest absolute Gasteiger partial charge is 0.394 e. The highest BCUT2D eigenvalue weighted by Gasteiger charge is 2.54. The Morgan fingerprint density at radius 3 is 1.10 bits per heavy atom. The first-order valence-electron chi connectivity index (χ1n) is 39.9. The molecule has 1 amide bonds. The van der Waals surface area contributed by atoms with E-state index >= 15 is 0 Å². The Morgan fingerprint density at radius 2 is 0.704 bits per heavy atom. The lowest BCUT2D eigenvalue weighted by molar-refractivity contribution is -0.379. The fourth-order valence-electron chi connectivity index (χ4n) is 13.5. The number of unbranched alkanes of at least 4 members (excludes halogenated alkanes) is 39. The molecule has 0 aromatic heterocycles. The van der Waals surface area contributed by atoms with Gasteiger partial charge in [-0.15, -0.1) is 0 Å². The van der Waals surface area contributed by atoms with E-state index in [1.54, 1.807) is 0 Å². The summed E-state index contributed by atoms with van der Waals surface area (Å²) < 4.78 is 34.4. The van der Waals surface area contributed by atoms with E-state index in [2.05, 4.69) is 67.8 Å². The van der Waals surface area contributed by atoms with Gasteiger partial charge in [-0.2, -0.15) is 0 Å². The summed E-state index contributed by atoms with van der Waals surface area (Å²) in [6, 6.07) is -0.884. The molecule has 12 N–H and O–H groups in total. The minimum absolute atomic E-state index is 0.238. The van der Waals surface area contributed by atoms with Crippen LogP contribution in [0.15, 0.2) is 48.6 Å². The smallest absolute Gasteiger partial charge is 0.220 e. The highest BCUT2D eigenvalue weighted by atomic mass is 16.8. The number of aliphatic hydroxyl groups is 11. The standard InChI is InChI=1S/C79H145NO18/c1-3-5-7-9-11-13-15-17-18-19-20-21-22-23-24-25-26-27-28-29-30-31-32-33-34-35-36-37-38-39-40-41-42-43-44-45-47-49-51-53-55-57-67(85)80-62(63(84)56-54-52-50-48-46-16-14-12-10-8-6-4-2)61-93-77-73(91)70(88)75(65(59-82)95-77)98-79-74(92)71(89)76(66(60-83)96-79)97-78-72(90)69(87)68(86)64(58-81)94-78/h5,7,11,13,17-18,20-21,62-66,68-79,81-84,86-92H,3-4,6,8-10,12,14-16,19,22-61H2,1-2H3,(H,80,85)/b7-5-,13-11-,18-17-,21-20-. The maximum atomic E-state index is 13.4. The predicted molar refractivity (Wildman–Crippen MR) is 388 cm³/mol.